The first-order chi connectivity index (χ1) is 21.1. The standard InChI is InChI=1S/C35H44Cl2N2O4S/c1-23-6-4-8-32(42-17-16-36)29-12-9-27(29)20-39-21-35(15-5-7-25-18-28(37)11-13-30(25)35)22-43-33-14-10-26(19-31(33)39)34(40)38-44(3,41)24(23)2/h4,8,10-11,13-14,18-19,23-24,27,29,32H,3,5-7,9,12,15-17,20-22H2,1-2H3,(H,38,40,41)/b8-4+/t23-,24+,27-,29+,32-,35-,44?/m0/s1. The second kappa shape index (κ2) is 12.9. The summed E-state index contributed by atoms with van der Waals surface area (Å²) in [4.78, 5) is 16.0. The van der Waals surface area contributed by atoms with Crippen LogP contribution in [-0.2, 0) is 26.3 Å². The van der Waals surface area contributed by atoms with Crippen LogP contribution in [0.1, 0.15) is 67.4 Å². The molecular formula is C35H44Cl2N2O4S. The highest BCUT2D eigenvalue weighted by Crippen LogP contribution is 2.47. The molecule has 1 saturated carbocycles. The SMILES string of the molecule is C=S1(=O)NC(=O)c2ccc3c(c2)N(C[C@@H]2CC[C@H]2[C@@H](OCCCl)/C=C/C[C@H](C)[C@H]1C)C[C@@]1(CCCc2cc(Cl)ccc21)CO3. The molecule has 9 heteroatoms. The minimum absolute atomic E-state index is 0.0349. The average Bonchev–Trinajstić information content (AvgIpc) is 3.13. The molecule has 1 unspecified atom stereocenters. The van der Waals surface area contributed by atoms with Gasteiger partial charge >= 0.3 is 0 Å². The number of anilines is 1. The van der Waals surface area contributed by atoms with Crippen molar-refractivity contribution in [2.24, 2.45) is 17.8 Å². The number of rotatable bonds is 3. The van der Waals surface area contributed by atoms with Crippen LogP contribution < -0.4 is 14.4 Å². The molecule has 6 rings (SSSR count). The topological polar surface area (TPSA) is 67.9 Å². The van der Waals surface area contributed by atoms with Gasteiger partial charge in [-0.25, -0.2) is 4.21 Å². The van der Waals surface area contributed by atoms with Crippen molar-refractivity contribution in [2.75, 3.05) is 37.1 Å². The lowest BCUT2D eigenvalue weighted by Crippen LogP contribution is -2.49. The van der Waals surface area contributed by atoms with E-state index < -0.39 is 9.71 Å². The van der Waals surface area contributed by atoms with E-state index >= 15 is 0 Å². The predicted molar refractivity (Wildman–Crippen MR) is 182 cm³/mol. The zero-order valence-electron chi connectivity index (χ0n) is 25.7. The first-order valence-electron chi connectivity index (χ1n) is 15.9. The van der Waals surface area contributed by atoms with Crippen molar-refractivity contribution in [3.05, 3.63) is 70.3 Å². The van der Waals surface area contributed by atoms with Gasteiger partial charge in [0.15, 0.2) is 0 Å². The number of fused-ring (bicyclic) bond motifs is 4. The molecule has 2 aliphatic carbocycles. The number of hydrogen-bond donors (Lipinski definition) is 1. The molecule has 2 heterocycles. The average molecular weight is 660 g/mol. The molecule has 44 heavy (non-hydrogen) atoms. The molecule has 7 atom stereocenters. The molecule has 1 spiro atoms. The highest BCUT2D eigenvalue weighted by molar-refractivity contribution is 7.99. The van der Waals surface area contributed by atoms with Gasteiger partial charge in [0.25, 0.3) is 5.91 Å². The molecule has 1 fully saturated rings. The number of amides is 1. The van der Waals surface area contributed by atoms with E-state index in [-0.39, 0.29) is 28.6 Å². The van der Waals surface area contributed by atoms with E-state index in [0.29, 0.717) is 36.5 Å². The number of carbonyl (C=O) groups is 1. The number of hydrogen-bond acceptors (Lipinski definition) is 5. The number of nitrogens with zero attached hydrogens (tertiary/aromatic N) is 1. The van der Waals surface area contributed by atoms with E-state index in [4.69, 9.17) is 32.7 Å². The van der Waals surface area contributed by atoms with E-state index in [9.17, 15) is 9.00 Å². The number of benzene rings is 2. The van der Waals surface area contributed by atoms with Crippen molar-refractivity contribution in [3.63, 3.8) is 0 Å². The molecule has 2 aromatic rings. The number of allylic oxidation sites excluding steroid dienone is 1. The fraction of sp³-hybridized carbons (Fsp3) is 0.543. The number of carbonyl (C=O) groups excluding carboxylic acids is 1. The highest BCUT2D eigenvalue weighted by atomic mass is 35.5. The van der Waals surface area contributed by atoms with Crippen molar-refractivity contribution < 1.29 is 18.5 Å². The Labute approximate surface area is 272 Å². The first-order valence-corrected chi connectivity index (χ1v) is 18.6. The zero-order valence-corrected chi connectivity index (χ0v) is 28.1. The van der Waals surface area contributed by atoms with Crippen LogP contribution in [0, 0.1) is 17.8 Å². The van der Waals surface area contributed by atoms with Crippen LogP contribution in [0.5, 0.6) is 5.75 Å². The van der Waals surface area contributed by atoms with Crippen LogP contribution in [0.4, 0.5) is 5.69 Å². The van der Waals surface area contributed by atoms with Crippen LogP contribution in [0.3, 0.4) is 0 Å². The third-order valence-corrected chi connectivity index (χ3v) is 13.1. The maximum atomic E-state index is 13.7. The van der Waals surface area contributed by atoms with Crippen LogP contribution in [0.2, 0.25) is 5.02 Å². The van der Waals surface area contributed by atoms with Crippen molar-refractivity contribution in [2.45, 2.75) is 69.1 Å². The summed E-state index contributed by atoms with van der Waals surface area (Å²) in [5.41, 5.74) is 3.76. The molecule has 0 saturated heterocycles. The summed E-state index contributed by atoms with van der Waals surface area (Å²) in [7, 11) is -2.91. The highest BCUT2D eigenvalue weighted by Gasteiger charge is 2.44. The smallest absolute Gasteiger partial charge is 0.262 e. The Morgan fingerprint density at radius 2 is 2.05 bits per heavy atom. The molecule has 238 valence electrons. The number of aryl methyl sites for hydroxylation is 1. The predicted octanol–water partition coefficient (Wildman–Crippen LogP) is 6.81. The Morgan fingerprint density at radius 3 is 2.82 bits per heavy atom. The van der Waals surface area contributed by atoms with Gasteiger partial charge in [0, 0.05) is 40.2 Å². The quantitative estimate of drug-likeness (QED) is 0.223. The minimum Gasteiger partial charge on any atom is -0.490 e. The number of ether oxygens (including phenoxy) is 2. The van der Waals surface area contributed by atoms with Crippen LogP contribution in [0.15, 0.2) is 48.6 Å². The molecule has 6 nitrogen and oxygen atoms in total. The second-order valence-corrected chi connectivity index (χ2v) is 16.5. The summed E-state index contributed by atoms with van der Waals surface area (Å²) < 4.78 is 29.5. The number of alkyl halides is 1. The molecule has 1 N–H and O–H groups in total. The lowest BCUT2D eigenvalue weighted by Gasteiger charge is -2.46. The Bertz CT molecular complexity index is 1530. The third-order valence-electron chi connectivity index (χ3n) is 10.5. The Balaban J connectivity index is 1.42. The molecule has 2 aromatic carbocycles. The molecule has 0 aromatic heterocycles. The maximum absolute atomic E-state index is 13.7. The summed E-state index contributed by atoms with van der Waals surface area (Å²) in [5, 5.41) is 0.446. The summed E-state index contributed by atoms with van der Waals surface area (Å²) in [6, 6.07) is 11.9. The molecule has 2 aliphatic heterocycles. The maximum Gasteiger partial charge on any atom is 0.262 e. The third kappa shape index (κ3) is 6.27. The van der Waals surface area contributed by atoms with Gasteiger partial charge in [-0.3, -0.25) is 9.52 Å². The molecule has 2 bridgehead atoms. The van der Waals surface area contributed by atoms with Crippen molar-refractivity contribution in [1.29, 1.82) is 0 Å². The normalized spacial score (nSPS) is 34.5. The molecular weight excluding hydrogens is 615 g/mol. The van der Waals surface area contributed by atoms with Gasteiger partial charge in [0.05, 0.1) is 34.7 Å². The van der Waals surface area contributed by atoms with Gasteiger partial charge in [-0.2, -0.15) is 0 Å². The number of nitrogens with one attached hydrogen (secondary N) is 1. The summed E-state index contributed by atoms with van der Waals surface area (Å²) >= 11 is 12.5. The van der Waals surface area contributed by atoms with Crippen molar-refractivity contribution in [3.8, 4) is 5.75 Å². The largest absolute Gasteiger partial charge is 0.490 e. The van der Waals surface area contributed by atoms with Crippen LogP contribution in [0.25, 0.3) is 0 Å². The monoisotopic (exact) mass is 658 g/mol. The molecule has 1 amide bonds. The van der Waals surface area contributed by atoms with Gasteiger partial charge in [-0.1, -0.05) is 36.7 Å². The van der Waals surface area contributed by atoms with Crippen LogP contribution in [-0.4, -0.2) is 59.5 Å². The zero-order chi connectivity index (χ0) is 31.1. The van der Waals surface area contributed by atoms with E-state index in [1.54, 1.807) is 6.07 Å². The van der Waals surface area contributed by atoms with E-state index in [0.717, 1.165) is 68.1 Å². The minimum atomic E-state index is -2.91. The summed E-state index contributed by atoms with van der Waals surface area (Å²) in [5.74, 6) is 5.66. The van der Waals surface area contributed by atoms with Gasteiger partial charge < -0.3 is 14.4 Å². The Kier molecular flexibility index (Phi) is 9.32. The Morgan fingerprint density at radius 1 is 1.20 bits per heavy atom. The lowest BCUT2D eigenvalue weighted by molar-refractivity contribution is -0.00785. The van der Waals surface area contributed by atoms with Gasteiger partial charge in [0.1, 0.15) is 5.75 Å². The van der Waals surface area contributed by atoms with Gasteiger partial charge in [0.2, 0.25) is 0 Å². The van der Waals surface area contributed by atoms with E-state index in [2.05, 4.69) is 46.7 Å². The van der Waals surface area contributed by atoms with Gasteiger partial charge in [-0.05, 0) is 111 Å². The lowest BCUT2D eigenvalue weighted by atomic mass is 9.68. The summed E-state index contributed by atoms with van der Waals surface area (Å²) in [6.07, 6.45) is 10.3. The van der Waals surface area contributed by atoms with Crippen molar-refractivity contribution >= 4 is 50.4 Å². The van der Waals surface area contributed by atoms with Crippen molar-refractivity contribution in [1.82, 2.24) is 4.72 Å². The van der Waals surface area contributed by atoms with E-state index in [1.807, 2.05) is 25.1 Å². The Hall–Kier alpha value is -2.19. The summed E-state index contributed by atoms with van der Waals surface area (Å²) in [6.45, 7) is 6.60. The molecule has 0 radical (unpaired) electrons. The molecule has 4 aliphatic rings. The van der Waals surface area contributed by atoms with E-state index in [1.165, 1.54) is 11.1 Å². The number of halogens is 2. The fourth-order valence-corrected chi connectivity index (χ4v) is 9.36. The van der Waals surface area contributed by atoms with Crippen LogP contribution >= 0.6 is 23.2 Å². The first kappa shape index (κ1) is 31.8. The van der Waals surface area contributed by atoms with Gasteiger partial charge in [-0.15, -0.1) is 11.6 Å². The second-order valence-electron chi connectivity index (χ2n) is 13.3. The fourth-order valence-electron chi connectivity index (χ4n) is 7.60.